The fourth-order valence-electron chi connectivity index (χ4n) is 5.68. The van der Waals surface area contributed by atoms with E-state index in [0.717, 1.165) is 29.8 Å². The molecule has 0 spiro atoms. The molecule has 0 radical (unpaired) electrons. The third-order valence-corrected chi connectivity index (χ3v) is 8.29. The number of nitrogens with zero attached hydrogens (tertiary/aromatic N) is 2. The van der Waals surface area contributed by atoms with Gasteiger partial charge in [-0.3, -0.25) is 9.59 Å². The molecule has 1 fully saturated rings. The van der Waals surface area contributed by atoms with Gasteiger partial charge in [0.05, 0.1) is 25.6 Å². The third kappa shape index (κ3) is 4.21. The van der Waals surface area contributed by atoms with Crippen LogP contribution in [0.3, 0.4) is 0 Å². The number of hydrogen-bond acceptors (Lipinski definition) is 4. The van der Waals surface area contributed by atoms with E-state index in [2.05, 4.69) is 19.2 Å². The van der Waals surface area contributed by atoms with Crippen molar-refractivity contribution in [3.8, 4) is 17.2 Å². The summed E-state index contributed by atoms with van der Waals surface area (Å²) in [6.45, 7) is 7.03. The van der Waals surface area contributed by atoms with Gasteiger partial charge in [0.2, 0.25) is 5.91 Å². The largest absolute Gasteiger partial charge is 0.497 e. The highest BCUT2D eigenvalue weighted by Crippen LogP contribution is 2.36. The van der Waals surface area contributed by atoms with Gasteiger partial charge < -0.3 is 23.9 Å². The molecule has 36 heavy (non-hydrogen) atoms. The first-order valence-corrected chi connectivity index (χ1v) is 12.8. The van der Waals surface area contributed by atoms with Crippen LogP contribution < -0.4 is 10.1 Å². The van der Waals surface area contributed by atoms with Crippen molar-refractivity contribution in [3.63, 3.8) is 0 Å². The fourth-order valence-corrected chi connectivity index (χ4v) is 5.68. The number of hydrogen-bond donors (Lipinski definition) is 1. The molecule has 2 amide bonds. The highest BCUT2D eigenvalue weighted by molar-refractivity contribution is 6.00. The van der Waals surface area contributed by atoms with Crippen LogP contribution in [0.5, 0.6) is 5.75 Å². The molecule has 1 aromatic carbocycles. The number of benzene rings is 1. The zero-order valence-electron chi connectivity index (χ0n) is 21.5. The Morgan fingerprint density at radius 1 is 1.11 bits per heavy atom. The molecule has 4 atom stereocenters. The standard InChI is InChI=1S/C29H35N3O4/c1-19-7-5-8-23(20(19)2)30-28(34)29(3)18-31-24(26-9-6-16-36-26)14-15-25(31)27(33)32(29)17-21-10-12-22(35-4)13-11-21/h6,9-16,19-20,23H,5,7-8,17-18H2,1-4H3,(H,30,34)/t19-,20+,23+,29+/m0/s1. The maximum absolute atomic E-state index is 14.1. The quantitative estimate of drug-likeness (QED) is 0.522. The van der Waals surface area contributed by atoms with Gasteiger partial charge in [-0.2, -0.15) is 0 Å². The van der Waals surface area contributed by atoms with Crippen LogP contribution in [-0.2, 0) is 17.9 Å². The van der Waals surface area contributed by atoms with Gasteiger partial charge >= 0.3 is 0 Å². The summed E-state index contributed by atoms with van der Waals surface area (Å²) in [5.74, 6) is 2.10. The molecule has 0 bridgehead atoms. The number of nitrogens with one attached hydrogen (secondary N) is 1. The number of carbonyl (C=O) groups is 2. The number of ether oxygens (including phenoxy) is 1. The van der Waals surface area contributed by atoms with Crippen molar-refractivity contribution in [1.29, 1.82) is 0 Å². The Bertz CT molecular complexity index is 1230. The lowest BCUT2D eigenvalue weighted by Crippen LogP contribution is -2.65. The molecular weight excluding hydrogens is 454 g/mol. The molecule has 3 aromatic rings. The van der Waals surface area contributed by atoms with Crippen molar-refractivity contribution >= 4 is 11.8 Å². The van der Waals surface area contributed by atoms with E-state index in [4.69, 9.17) is 9.15 Å². The van der Waals surface area contributed by atoms with Crippen LogP contribution in [0.1, 0.15) is 56.1 Å². The monoisotopic (exact) mass is 489 g/mol. The second-order valence-corrected chi connectivity index (χ2v) is 10.5. The number of rotatable bonds is 6. The third-order valence-electron chi connectivity index (χ3n) is 8.29. The van der Waals surface area contributed by atoms with E-state index in [1.807, 2.05) is 60.0 Å². The first kappa shape index (κ1) is 24.2. The second kappa shape index (κ2) is 9.52. The number of amides is 2. The zero-order chi connectivity index (χ0) is 25.4. The maximum Gasteiger partial charge on any atom is 0.271 e. The number of aromatic nitrogens is 1. The van der Waals surface area contributed by atoms with Crippen molar-refractivity contribution in [2.75, 3.05) is 7.11 Å². The van der Waals surface area contributed by atoms with Gasteiger partial charge in [0.25, 0.3) is 5.91 Å². The summed E-state index contributed by atoms with van der Waals surface area (Å²) in [6.07, 6.45) is 4.87. The van der Waals surface area contributed by atoms with E-state index in [0.29, 0.717) is 36.4 Å². The van der Waals surface area contributed by atoms with Crippen molar-refractivity contribution in [1.82, 2.24) is 14.8 Å². The molecule has 3 heterocycles. The Balaban J connectivity index is 1.51. The summed E-state index contributed by atoms with van der Waals surface area (Å²) < 4.78 is 12.9. The van der Waals surface area contributed by atoms with Crippen LogP contribution in [0.15, 0.2) is 59.2 Å². The van der Waals surface area contributed by atoms with Crippen LogP contribution >= 0.6 is 0 Å². The lowest BCUT2D eigenvalue weighted by molar-refractivity contribution is -0.134. The molecule has 2 aliphatic rings. The summed E-state index contributed by atoms with van der Waals surface area (Å²) >= 11 is 0. The van der Waals surface area contributed by atoms with E-state index >= 15 is 0 Å². The molecule has 7 heteroatoms. The molecule has 2 aromatic heterocycles. The first-order valence-electron chi connectivity index (χ1n) is 12.8. The topological polar surface area (TPSA) is 76.7 Å². The minimum absolute atomic E-state index is 0.103. The first-order chi connectivity index (χ1) is 17.3. The second-order valence-electron chi connectivity index (χ2n) is 10.5. The predicted molar refractivity (Wildman–Crippen MR) is 138 cm³/mol. The Morgan fingerprint density at radius 3 is 2.56 bits per heavy atom. The molecule has 190 valence electrons. The van der Waals surface area contributed by atoms with Crippen LogP contribution in [0, 0.1) is 11.8 Å². The number of furan rings is 1. The highest BCUT2D eigenvalue weighted by Gasteiger charge is 2.48. The smallest absolute Gasteiger partial charge is 0.271 e. The predicted octanol–water partition coefficient (Wildman–Crippen LogP) is 5.11. The van der Waals surface area contributed by atoms with Crippen molar-refractivity contribution in [2.45, 2.75) is 64.7 Å². The van der Waals surface area contributed by atoms with Crippen LogP contribution in [-0.4, -0.2) is 40.0 Å². The van der Waals surface area contributed by atoms with Gasteiger partial charge in [-0.25, -0.2) is 0 Å². The molecule has 0 unspecified atom stereocenters. The summed E-state index contributed by atoms with van der Waals surface area (Å²) in [6, 6.07) is 15.2. The van der Waals surface area contributed by atoms with Crippen molar-refractivity contribution in [3.05, 3.63) is 66.1 Å². The van der Waals surface area contributed by atoms with Gasteiger partial charge in [-0.1, -0.05) is 38.8 Å². The van der Waals surface area contributed by atoms with Gasteiger partial charge in [-0.15, -0.1) is 0 Å². The SMILES string of the molecule is COc1ccc(CN2C(=O)c3ccc(-c4ccco4)n3C[C@]2(C)C(=O)N[C@@H]2CCC[C@H](C)[C@H]2C)cc1. The summed E-state index contributed by atoms with van der Waals surface area (Å²) in [5, 5.41) is 3.35. The normalized spacial score (nSPS) is 25.9. The number of methoxy groups -OCH3 is 1. The Labute approximate surface area is 212 Å². The van der Waals surface area contributed by atoms with Gasteiger partial charge in [0.15, 0.2) is 0 Å². The average Bonchev–Trinajstić information content (AvgIpc) is 3.55. The lowest BCUT2D eigenvalue weighted by Gasteiger charge is -2.46. The molecule has 1 N–H and O–H groups in total. The molecule has 1 aliphatic heterocycles. The van der Waals surface area contributed by atoms with Crippen LogP contribution in [0.25, 0.3) is 11.5 Å². The number of fused-ring (bicyclic) bond motifs is 1. The Morgan fingerprint density at radius 2 is 1.86 bits per heavy atom. The molecule has 1 aliphatic carbocycles. The average molecular weight is 490 g/mol. The van der Waals surface area contributed by atoms with E-state index < -0.39 is 5.54 Å². The van der Waals surface area contributed by atoms with E-state index in [9.17, 15) is 9.59 Å². The minimum atomic E-state index is -1.08. The molecule has 1 saturated carbocycles. The minimum Gasteiger partial charge on any atom is -0.497 e. The van der Waals surface area contributed by atoms with Crippen molar-refractivity contribution < 1.29 is 18.7 Å². The summed E-state index contributed by atoms with van der Waals surface area (Å²) in [4.78, 5) is 29.7. The number of carbonyl (C=O) groups excluding carboxylic acids is 2. The molecular formula is C29H35N3O4. The van der Waals surface area contributed by atoms with Crippen LogP contribution in [0.4, 0.5) is 0 Å². The van der Waals surface area contributed by atoms with E-state index in [1.165, 1.54) is 6.42 Å². The maximum atomic E-state index is 14.1. The van der Waals surface area contributed by atoms with Gasteiger partial charge in [0.1, 0.15) is 22.7 Å². The Kier molecular flexibility index (Phi) is 6.41. The summed E-state index contributed by atoms with van der Waals surface area (Å²) in [7, 11) is 1.63. The molecule has 5 rings (SSSR count). The summed E-state index contributed by atoms with van der Waals surface area (Å²) in [5.41, 5.74) is 1.21. The van der Waals surface area contributed by atoms with E-state index in [-0.39, 0.29) is 17.9 Å². The zero-order valence-corrected chi connectivity index (χ0v) is 21.5. The highest BCUT2D eigenvalue weighted by atomic mass is 16.5. The molecule has 7 nitrogen and oxygen atoms in total. The lowest BCUT2D eigenvalue weighted by atomic mass is 9.77. The van der Waals surface area contributed by atoms with Gasteiger partial charge in [0, 0.05) is 12.6 Å². The van der Waals surface area contributed by atoms with Gasteiger partial charge in [-0.05, 0) is 67.1 Å². The fraction of sp³-hybridized carbons (Fsp3) is 0.448. The Hall–Kier alpha value is -3.48. The van der Waals surface area contributed by atoms with E-state index in [1.54, 1.807) is 18.3 Å². The van der Waals surface area contributed by atoms with Crippen molar-refractivity contribution in [2.24, 2.45) is 11.8 Å². The van der Waals surface area contributed by atoms with Crippen LogP contribution in [0.2, 0.25) is 0 Å². The molecule has 0 saturated heterocycles.